The number of sulfonamides is 1. The van der Waals surface area contributed by atoms with Crippen LogP contribution in [0.4, 0.5) is 0 Å². The normalized spacial score (nSPS) is 18.9. The van der Waals surface area contributed by atoms with Gasteiger partial charge in [0.05, 0.1) is 7.11 Å². The molecule has 0 amide bonds. The Bertz CT molecular complexity index is 570. The number of methoxy groups -OCH3 is 1. The van der Waals surface area contributed by atoms with Crippen molar-refractivity contribution in [3.63, 3.8) is 0 Å². The molecular formula is C14H22N2O3S2. The van der Waals surface area contributed by atoms with Crippen molar-refractivity contribution >= 4 is 21.8 Å². The maximum atomic E-state index is 12.4. The smallest absolute Gasteiger partial charge is 0.244 e. The molecule has 118 valence electrons. The van der Waals surface area contributed by atoms with Gasteiger partial charge in [0.25, 0.3) is 0 Å². The van der Waals surface area contributed by atoms with Crippen LogP contribution in [0.3, 0.4) is 0 Å². The zero-order valence-corrected chi connectivity index (χ0v) is 14.0. The summed E-state index contributed by atoms with van der Waals surface area (Å²) in [7, 11) is -0.195. The number of benzene rings is 1. The average molecular weight is 330 g/mol. The van der Waals surface area contributed by atoms with Gasteiger partial charge in [-0.25, -0.2) is 13.1 Å². The van der Waals surface area contributed by atoms with Crippen molar-refractivity contribution in [3.05, 3.63) is 23.8 Å². The Balaban J connectivity index is 2.14. The molecule has 1 unspecified atom stereocenters. The van der Waals surface area contributed by atoms with Gasteiger partial charge in [0.1, 0.15) is 10.6 Å². The van der Waals surface area contributed by atoms with E-state index in [4.69, 9.17) is 4.74 Å². The van der Waals surface area contributed by atoms with Gasteiger partial charge in [0.15, 0.2) is 0 Å². The average Bonchev–Trinajstić information content (AvgIpc) is 2.98. The second-order valence-corrected chi connectivity index (χ2v) is 8.15. The highest BCUT2D eigenvalue weighted by atomic mass is 32.2. The van der Waals surface area contributed by atoms with Crippen molar-refractivity contribution in [2.24, 2.45) is 0 Å². The number of hydrogen-bond acceptors (Lipinski definition) is 5. The first-order chi connectivity index (χ1) is 10.1. The largest absolute Gasteiger partial charge is 0.495 e. The van der Waals surface area contributed by atoms with Crippen LogP contribution in [0, 0.1) is 0 Å². The highest BCUT2D eigenvalue weighted by Gasteiger charge is 2.23. The van der Waals surface area contributed by atoms with E-state index in [1.807, 2.05) is 18.8 Å². The fraction of sp³-hybridized carbons (Fsp3) is 0.571. The molecule has 1 atom stereocenters. The molecule has 2 rings (SSSR count). The Labute approximate surface area is 130 Å². The van der Waals surface area contributed by atoms with Crippen molar-refractivity contribution in [1.29, 1.82) is 0 Å². The Morgan fingerprint density at radius 3 is 2.86 bits per heavy atom. The molecule has 1 aliphatic rings. The van der Waals surface area contributed by atoms with Gasteiger partial charge in [-0.05, 0) is 43.3 Å². The minimum absolute atomic E-state index is 0.202. The van der Waals surface area contributed by atoms with Gasteiger partial charge in [0.2, 0.25) is 10.0 Å². The Morgan fingerprint density at radius 1 is 1.43 bits per heavy atom. The van der Waals surface area contributed by atoms with Crippen LogP contribution in [0.15, 0.2) is 23.1 Å². The fourth-order valence-electron chi connectivity index (χ4n) is 2.33. The number of ether oxygens (including phenoxy) is 1. The van der Waals surface area contributed by atoms with E-state index in [0.29, 0.717) is 24.1 Å². The third kappa shape index (κ3) is 4.35. The lowest BCUT2D eigenvalue weighted by atomic mass is 10.2. The van der Waals surface area contributed by atoms with Gasteiger partial charge in [-0.15, -0.1) is 0 Å². The molecule has 21 heavy (non-hydrogen) atoms. The first-order valence-electron chi connectivity index (χ1n) is 6.99. The lowest BCUT2D eigenvalue weighted by molar-refractivity contribution is 0.401. The van der Waals surface area contributed by atoms with Crippen molar-refractivity contribution in [2.75, 3.05) is 26.5 Å². The predicted molar refractivity (Wildman–Crippen MR) is 86.4 cm³/mol. The van der Waals surface area contributed by atoms with Crippen LogP contribution in [0.25, 0.3) is 0 Å². The maximum absolute atomic E-state index is 12.4. The lowest BCUT2D eigenvalue weighted by Gasteiger charge is -2.14. The summed E-state index contributed by atoms with van der Waals surface area (Å²) in [5.41, 5.74) is 0.986. The van der Waals surface area contributed by atoms with Gasteiger partial charge < -0.3 is 10.1 Å². The van der Waals surface area contributed by atoms with Crippen LogP contribution < -0.4 is 14.8 Å². The standard InChI is InChI=1S/C14H22N2O3S2/c1-15-9-11-5-6-14(13(8-11)19-2)21(17,18)16-10-12-4-3-7-20-12/h5-6,8,12,15-16H,3-4,7,9-10H2,1-2H3. The quantitative estimate of drug-likeness (QED) is 0.795. The highest BCUT2D eigenvalue weighted by molar-refractivity contribution is 8.00. The molecule has 0 bridgehead atoms. The molecule has 0 aromatic heterocycles. The fourth-order valence-corrected chi connectivity index (χ4v) is 4.87. The summed E-state index contributed by atoms with van der Waals surface area (Å²) in [5.74, 6) is 1.50. The van der Waals surface area contributed by atoms with E-state index in [1.54, 1.807) is 18.2 Å². The Kier molecular flexibility index (Phi) is 5.92. The van der Waals surface area contributed by atoms with Gasteiger partial charge in [-0.3, -0.25) is 0 Å². The van der Waals surface area contributed by atoms with Crippen molar-refractivity contribution < 1.29 is 13.2 Å². The van der Waals surface area contributed by atoms with Crippen molar-refractivity contribution in [2.45, 2.75) is 29.5 Å². The molecule has 0 radical (unpaired) electrons. The molecule has 2 N–H and O–H groups in total. The summed E-state index contributed by atoms with van der Waals surface area (Å²) in [6.45, 7) is 1.15. The molecule has 5 nitrogen and oxygen atoms in total. The summed E-state index contributed by atoms with van der Waals surface area (Å²) in [6.07, 6.45) is 2.24. The molecule has 0 aliphatic carbocycles. The number of thioether (sulfide) groups is 1. The van der Waals surface area contributed by atoms with Crippen LogP contribution >= 0.6 is 11.8 Å². The van der Waals surface area contributed by atoms with E-state index in [-0.39, 0.29) is 4.90 Å². The van der Waals surface area contributed by atoms with Crippen molar-refractivity contribution in [1.82, 2.24) is 10.0 Å². The molecule has 1 aromatic rings. The summed E-state index contributed by atoms with van der Waals surface area (Å²) in [6, 6.07) is 5.17. The second kappa shape index (κ2) is 7.49. The van der Waals surface area contributed by atoms with Crippen LogP contribution in [-0.2, 0) is 16.6 Å². The summed E-state index contributed by atoms with van der Waals surface area (Å²) >= 11 is 1.83. The highest BCUT2D eigenvalue weighted by Crippen LogP contribution is 2.27. The molecular weight excluding hydrogens is 308 g/mol. The first-order valence-corrected chi connectivity index (χ1v) is 9.53. The number of nitrogens with one attached hydrogen (secondary N) is 2. The topological polar surface area (TPSA) is 67.4 Å². The molecule has 1 heterocycles. The van der Waals surface area contributed by atoms with E-state index in [1.165, 1.54) is 13.5 Å². The van der Waals surface area contributed by atoms with Crippen LogP contribution in [0.1, 0.15) is 18.4 Å². The zero-order chi connectivity index (χ0) is 15.3. The van der Waals surface area contributed by atoms with Gasteiger partial charge in [-0.2, -0.15) is 11.8 Å². The van der Waals surface area contributed by atoms with Gasteiger partial charge >= 0.3 is 0 Å². The monoisotopic (exact) mass is 330 g/mol. The first kappa shape index (κ1) is 16.6. The van der Waals surface area contributed by atoms with E-state index < -0.39 is 10.0 Å². The Hall–Kier alpha value is -0.760. The van der Waals surface area contributed by atoms with Gasteiger partial charge in [-0.1, -0.05) is 6.07 Å². The summed E-state index contributed by atoms with van der Waals surface area (Å²) in [4.78, 5) is 0.202. The molecule has 1 saturated heterocycles. The molecule has 1 aromatic carbocycles. The molecule has 0 saturated carbocycles. The SMILES string of the molecule is CNCc1ccc(S(=O)(=O)NCC2CCCS2)c(OC)c1. The zero-order valence-electron chi connectivity index (χ0n) is 12.4. The molecule has 0 spiro atoms. The minimum Gasteiger partial charge on any atom is -0.495 e. The maximum Gasteiger partial charge on any atom is 0.244 e. The number of rotatable bonds is 7. The Morgan fingerprint density at radius 2 is 2.24 bits per heavy atom. The van der Waals surface area contributed by atoms with Crippen LogP contribution in [0.5, 0.6) is 5.75 Å². The molecule has 7 heteroatoms. The van der Waals surface area contributed by atoms with E-state index in [9.17, 15) is 8.42 Å². The van der Waals surface area contributed by atoms with E-state index >= 15 is 0 Å². The predicted octanol–water partition coefficient (Wildman–Crippen LogP) is 1.59. The summed E-state index contributed by atoms with van der Waals surface area (Å²) in [5, 5.41) is 3.42. The van der Waals surface area contributed by atoms with E-state index in [2.05, 4.69) is 10.0 Å². The van der Waals surface area contributed by atoms with Crippen LogP contribution in [0.2, 0.25) is 0 Å². The summed E-state index contributed by atoms with van der Waals surface area (Å²) < 4.78 is 32.8. The van der Waals surface area contributed by atoms with E-state index in [0.717, 1.165) is 17.7 Å². The lowest BCUT2D eigenvalue weighted by Crippen LogP contribution is -2.30. The van der Waals surface area contributed by atoms with Gasteiger partial charge in [0, 0.05) is 18.3 Å². The van der Waals surface area contributed by atoms with Crippen LogP contribution in [-0.4, -0.2) is 40.1 Å². The second-order valence-electron chi connectivity index (χ2n) is 5.00. The molecule has 1 aliphatic heterocycles. The third-order valence-electron chi connectivity index (χ3n) is 3.42. The molecule has 1 fully saturated rings. The minimum atomic E-state index is -3.53. The number of hydrogen-bond donors (Lipinski definition) is 2. The van der Waals surface area contributed by atoms with Crippen molar-refractivity contribution in [3.8, 4) is 5.75 Å². The third-order valence-corrected chi connectivity index (χ3v) is 6.28.